The van der Waals surface area contributed by atoms with Gasteiger partial charge in [0.25, 0.3) is 0 Å². The van der Waals surface area contributed by atoms with Gasteiger partial charge in [-0.3, -0.25) is 14.5 Å². The van der Waals surface area contributed by atoms with Crippen LogP contribution < -0.4 is 5.32 Å². The molecule has 0 saturated carbocycles. The lowest BCUT2D eigenvalue weighted by molar-refractivity contribution is -0.124. The smallest absolute Gasteiger partial charge is 0.234 e. The van der Waals surface area contributed by atoms with E-state index in [2.05, 4.69) is 5.32 Å². The van der Waals surface area contributed by atoms with Gasteiger partial charge in [-0.05, 0) is 19.1 Å². The first-order chi connectivity index (χ1) is 8.58. The molecule has 1 amide bonds. The van der Waals surface area contributed by atoms with Crippen molar-refractivity contribution in [3.8, 4) is 0 Å². The van der Waals surface area contributed by atoms with Crippen molar-refractivity contribution in [3.05, 3.63) is 34.9 Å². The Kier molecular flexibility index (Phi) is 3.99. The highest BCUT2D eigenvalue weighted by atomic mass is 35.5. The van der Waals surface area contributed by atoms with Gasteiger partial charge < -0.3 is 5.32 Å². The van der Waals surface area contributed by atoms with Crippen molar-refractivity contribution in [2.75, 3.05) is 19.6 Å². The van der Waals surface area contributed by atoms with Gasteiger partial charge in [0.1, 0.15) is 0 Å². The third kappa shape index (κ3) is 2.89. The molecule has 1 aromatic rings. The molecule has 1 N–H and O–H groups in total. The number of hydrogen-bond acceptors (Lipinski definition) is 3. The van der Waals surface area contributed by atoms with Gasteiger partial charge in [0.05, 0.1) is 12.6 Å². The monoisotopic (exact) mass is 266 g/mol. The van der Waals surface area contributed by atoms with Crippen molar-refractivity contribution < 1.29 is 9.59 Å². The van der Waals surface area contributed by atoms with Crippen LogP contribution in [0.15, 0.2) is 24.3 Å². The summed E-state index contributed by atoms with van der Waals surface area (Å²) in [6.07, 6.45) is 0. The number of benzene rings is 1. The molecule has 1 fully saturated rings. The molecule has 0 radical (unpaired) electrons. The molecule has 1 aromatic carbocycles. The van der Waals surface area contributed by atoms with Crippen LogP contribution in [0.4, 0.5) is 0 Å². The van der Waals surface area contributed by atoms with E-state index in [0.717, 1.165) is 0 Å². The van der Waals surface area contributed by atoms with Crippen LogP contribution >= 0.6 is 11.6 Å². The molecule has 1 atom stereocenters. The molecule has 1 saturated heterocycles. The minimum atomic E-state index is -0.311. The predicted molar refractivity (Wildman–Crippen MR) is 69.8 cm³/mol. The van der Waals surface area contributed by atoms with Crippen LogP contribution in [-0.4, -0.2) is 42.3 Å². The van der Waals surface area contributed by atoms with E-state index in [1.54, 1.807) is 24.3 Å². The first kappa shape index (κ1) is 13.1. The molecule has 1 aliphatic heterocycles. The molecule has 4 nitrogen and oxygen atoms in total. The highest BCUT2D eigenvalue weighted by molar-refractivity contribution is 6.31. The number of Topliss-reactive ketones (excluding diaryl/α,β-unsaturated/α-hetero) is 1. The van der Waals surface area contributed by atoms with E-state index in [9.17, 15) is 9.59 Å². The summed E-state index contributed by atoms with van der Waals surface area (Å²) in [5.41, 5.74) is 0.584. The summed E-state index contributed by atoms with van der Waals surface area (Å²) in [5, 5.41) is 3.29. The molecule has 1 aliphatic rings. The van der Waals surface area contributed by atoms with Crippen LogP contribution in [0, 0.1) is 0 Å². The lowest BCUT2D eigenvalue weighted by atomic mass is 10.0. The second-order valence-corrected chi connectivity index (χ2v) is 4.81. The zero-order valence-corrected chi connectivity index (χ0v) is 10.9. The molecule has 0 spiro atoms. The van der Waals surface area contributed by atoms with E-state index in [-0.39, 0.29) is 24.3 Å². The predicted octanol–water partition coefficient (Wildman–Crippen LogP) is 1.34. The van der Waals surface area contributed by atoms with Gasteiger partial charge in [0.15, 0.2) is 5.78 Å². The Bertz CT molecular complexity index is 476. The van der Waals surface area contributed by atoms with E-state index < -0.39 is 0 Å². The summed E-state index contributed by atoms with van der Waals surface area (Å²) >= 11 is 5.87. The zero-order valence-electron chi connectivity index (χ0n) is 10.1. The summed E-state index contributed by atoms with van der Waals surface area (Å²) in [5.74, 6) is -0.0424. The maximum Gasteiger partial charge on any atom is 0.234 e. The number of piperazine rings is 1. The fraction of sp³-hybridized carbons (Fsp3) is 0.385. The summed E-state index contributed by atoms with van der Waals surface area (Å²) in [6.45, 7) is 3.38. The average molecular weight is 267 g/mol. The summed E-state index contributed by atoms with van der Waals surface area (Å²) in [6, 6.07) is 6.58. The van der Waals surface area contributed by atoms with Crippen LogP contribution in [0.2, 0.25) is 5.02 Å². The molecule has 0 aromatic heterocycles. The van der Waals surface area contributed by atoms with E-state index in [1.807, 2.05) is 11.8 Å². The third-order valence-corrected chi connectivity index (χ3v) is 3.34. The number of hydrogen-bond donors (Lipinski definition) is 1. The molecule has 0 aliphatic carbocycles. The highest BCUT2D eigenvalue weighted by Crippen LogP contribution is 2.15. The largest absolute Gasteiger partial charge is 0.354 e. The van der Waals surface area contributed by atoms with Crippen molar-refractivity contribution in [2.24, 2.45) is 0 Å². The SMILES string of the molecule is CC(C(=O)c1cccc(Cl)c1)N1CCNC(=O)C1. The maximum absolute atomic E-state index is 12.3. The van der Waals surface area contributed by atoms with Gasteiger partial charge in [0, 0.05) is 23.7 Å². The highest BCUT2D eigenvalue weighted by Gasteiger charge is 2.26. The molecular formula is C13H15ClN2O2. The number of nitrogens with zero attached hydrogens (tertiary/aromatic N) is 1. The number of nitrogens with one attached hydrogen (secondary N) is 1. The fourth-order valence-electron chi connectivity index (χ4n) is 2.04. The lowest BCUT2D eigenvalue weighted by Crippen LogP contribution is -2.52. The molecule has 1 unspecified atom stereocenters. The Labute approximate surface area is 111 Å². The number of carbonyl (C=O) groups excluding carboxylic acids is 2. The Balaban J connectivity index is 2.10. The van der Waals surface area contributed by atoms with Crippen LogP contribution in [0.5, 0.6) is 0 Å². The summed E-state index contributed by atoms with van der Waals surface area (Å²) in [7, 11) is 0. The summed E-state index contributed by atoms with van der Waals surface area (Å²) < 4.78 is 0. The molecule has 1 heterocycles. The normalized spacial score (nSPS) is 18.2. The van der Waals surface area contributed by atoms with Crippen LogP contribution in [0.1, 0.15) is 17.3 Å². The minimum absolute atomic E-state index is 0.00722. The summed E-state index contributed by atoms with van der Waals surface area (Å²) in [4.78, 5) is 25.5. The van der Waals surface area contributed by atoms with Crippen LogP contribution in [0.25, 0.3) is 0 Å². The lowest BCUT2D eigenvalue weighted by Gasteiger charge is -2.31. The average Bonchev–Trinajstić information content (AvgIpc) is 2.37. The van der Waals surface area contributed by atoms with E-state index in [0.29, 0.717) is 23.7 Å². The topological polar surface area (TPSA) is 49.4 Å². The van der Waals surface area contributed by atoms with Crippen LogP contribution in [-0.2, 0) is 4.79 Å². The van der Waals surface area contributed by atoms with Crippen molar-refractivity contribution >= 4 is 23.3 Å². The second-order valence-electron chi connectivity index (χ2n) is 4.37. The van der Waals surface area contributed by atoms with E-state index in [4.69, 9.17) is 11.6 Å². The zero-order chi connectivity index (χ0) is 13.1. The Morgan fingerprint density at radius 3 is 2.94 bits per heavy atom. The van der Waals surface area contributed by atoms with Gasteiger partial charge in [-0.1, -0.05) is 23.7 Å². The molecule has 2 rings (SSSR count). The Morgan fingerprint density at radius 2 is 2.28 bits per heavy atom. The number of rotatable bonds is 3. The first-order valence-electron chi connectivity index (χ1n) is 5.88. The van der Waals surface area contributed by atoms with Crippen molar-refractivity contribution in [1.82, 2.24) is 10.2 Å². The fourth-order valence-corrected chi connectivity index (χ4v) is 2.23. The van der Waals surface area contributed by atoms with Gasteiger partial charge in [-0.25, -0.2) is 0 Å². The quantitative estimate of drug-likeness (QED) is 0.840. The number of ketones is 1. The number of halogens is 1. The standard InChI is InChI=1S/C13H15ClN2O2/c1-9(16-6-5-15-12(17)8-16)13(18)10-3-2-4-11(14)7-10/h2-4,7,9H,5-6,8H2,1H3,(H,15,17). The third-order valence-electron chi connectivity index (χ3n) is 3.10. The van der Waals surface area contributed by atoms with Crippen molar-refractivity contribution in [2.45, 2.75) is 13.0 Å². The number of carbonyl (C=O) groups is 2. The first-order valence-corrected chi connectivity index (χ1v) is 6.26. The molecule has 5 heteroatoms. The van der Waals surface area contributed by atoms with Crippen molar-refractivity contribution in [1.29, 1.82) is 0 Å². The van der Waals surface area contributed by atoms with Gasteiger partial charge in [0.2, 0.25) is 5.91 Å². The molecule has 18 heavy (non-hydrogen) atoms. The molecular weight excluding hydrogens is 252 g/mol. The van der Waals surface area contributed by atoms with E-state index in [1.165, 1.54) is 0 Å². The Morgan fingerprint density at radius 1 is 1.50 bits per heavy atom. The van der Waals surface area contributed by atoms with Crippen LogP contribution in [0.3, 0.4) is 0 Å². The molecule has 0 bridgehead atoms. The molecule has 96 valence electrons. The van der Waals surface area contributed by atoms with E-state index >= 15 is 0 Å². The van der Waals surface area contributed by atoms with Crippen molar-refractivity contribution in [3.63, 3.8) is 0 Å². The minimum Gasteiger partial charge on any atom is -0.354 e. The second kappa shape index (κ2) is 5.50. The van der Waals surface area contributed by atoms with Gasteiger partial charge in [-0.2, -0.15) is 0 Å². The van der Waals surface area contributed by atoms with Gasteiger partial charge >= 0.3 is 0 Å². The maximum atomic E-state index is 12.3. The number of amides is 1. The van der Waals surface area contributed by atoms with Gasteiger partial charge in [-0.15, -0.1) is 0 Å². The Hall–Kier alpha value is -1.39.